The van der Waals surface area contributed by atoms with Crippen molar-refractivity contribution >= 4 is 23.4 Å². The molecule has 0 aliphatic rings. The maximum Gasteiger partial charge on any atom is 0.106 e. The minimum Gasteiger partial charge on any atom is -0.300 e. The molecule has 1 aromatic rings. The van der Waals surface area contributed by atoms with Crippen molar-refractivity contribution in [1.29, 1.82) is 5.26 Å². The molecule has 1 rings (SSSR count). The number of nitrogens with one attached hydrogen (secondary N) is 1. The molecule has 20 heavy (non-hydrogen) atoms. The van der Waals surface area contributed by atoms with Gasteiger partial charge in [-0.15, -0.1) is 0 Å². The second-order valence-electron chi connectivity index (χ2n) is 4.86. The first-order valence-corrected chi connectivity index (χ1v) is 8.67. The number of halogens is 1. The first kappa shape index (κ1) is 17.4. The van der Waals surface area contributed by atoms with Gasteiger partial charge in [0.2, 0.25) is 0 Å². The summed E-state index contributed by atoms with van der Waals surface area (Å²) in [6.45, 7) is 4.98. The molecule has 0 saturated heterocycles. The van der Waals surface area contributed by atoms with Crippen LogP contribution in [0.4, 0.5) is 0 Å². The summed E-state index contributed by atoms with van der Waals surface area (Å²) < 4.78 is 0. The Balaban J connectivity index is 2.27. The average Bonchev–Trinajstić information content (AvgIpc) is 2.48. The van der Waals surface area contributed by atoms with Crippen LogP contribution in [0.1, 0.15) is 38.7 Å². The lowest BCUT2D eigenvalue weighted by Gasteiger charge is -2.25. The second-order valence-corrected chi connectivity index (χ2v) is 6.40. The molecule has 1 unspecified atom stereocenters. The van der Waals surface area contributed by atoms with E-state index in [1.54, 1.807) is 0 Å². The summed E-state index contributed by atoms with van der Waals surface area (Å²) >= 11 is 7.77. The summed E-state index contributed by atoms with van der Waals surface area (Å²) in [5.74, 6) is 2.08. The van der Waals surface area contributed by atoms with Crippen LogP contribution in [0.3, 0.4) is 0 Å². The third-order valence-electron chi connectivity index (χ3n) is 3.41. The lowest BCUT2D eigenvalue weighted by atomic mass is 9.92. The zero-order chi connectivity index (χ0) is 14.8. The molecule has 0 radical (unpaired) electrons. The molecule has 1 atom stereocenters. The third kappa shape index (κ3) is 5.75. The Morgan fingerprint density at radius 1 is 1.30 bits per heavy atom. The number of nitrogens with zero attached hydrogens (tertiary/aromatic N) is 1. The normalized spacial score (nSPS) is 13.7. The molecular formula is C16H23ClN2S. The fourth-order valence-electron chi connectivity index (χ4n) is 2.15. The zero-order valence-electron chi connectivity index (χ0n) is 12.3. The summed E-state index contributed by atoms with van der Waals surface area (Å²) in [4.78, 5) is 0. The van der Waals surface area contributed by atoms with Crippen LogP contribution in [0.15, 0.2) is 24.3 Å². The maximum atomic E-state index is 9.34. The predicted molar refractivity (Wildman–Crippen MR) is 89.2 cm³/mol. The molecule has 4 heteroatoms. The van der Waals surface area contributed by atoms with Gasteiger partial charge >= 0.3 is 0 Å². The lowest BCUT2D eigenvalue weighted by Crippen LogP contribution is -2.43. The number of rotatable bonds is 9. The summed E-state index contributed by atoms with van der Waals surface area (Å²) in [6, 6.07) is 10.4. The zero-order valence-corrected chi connectivity index (χ0v) is 13.9. The molecule has 0 fully saturated rings. The van der Waals surface area contributed by atoms with E-state index in [4.69, 9.17) is 11.6 Å². The Kier molecular flexibility index (Phi) is 8.06. The highest BCUT2D eigenvalue weighted by Crippen LogP contribution is 2.21. The number of nitriles is 1. The molecule has 0 aliphatic heterocycles. The van der Waals surface area contributed by atoms with Crippen molar-refractivity contribution in [2.24, 2.45) is 0 Å². The number of thioether (sulfide) groups is 1. The van der Waals surface area contributed by atoms with Gasteiger partial charge in [-0.05, 0) is 49.3 Å². The summed E-state index contributed by atoms with van der Waals surface area (Å²) in [5, 5.41) is 13.4. The van der Waals surface area contributed by atoms with E-state index in [1.165, 1.54) is 5.56 Å². The van der Waals surface area contributed by atoms with Crippen LogP contribution in [0.2, 0.25) is 5.02 Å². The fourth-order valence-corrected chi connectivity index (χ4v) is 3.20. The van der Waals surface area contributed by atoms with Crippen molar-refractivity contribution < 1.29 is 0 Å². The van der Waals surface area contributed by atoms with E-state index >= 15 is 0 Å². The van der Waals surface area contributed by atoms with Gasteiger partial charge in [-0.2, -0.15) is 17.0 Å². The summed E-state index contributed by atoms with van der Waals surface area (Å²) in [5.41, 5.74) is 0.961. The monoisotopic (exact) mass is 310 g/mol. The van der Waals surface area contributed by atoms with Crippen LogP contribution in [0, 0.1) is 11.3 Å². The van der Waals surface area contributed by atoms with Crippen LogP contribution in [0.5, 0.6) is 0 Å². The Morgan fingerprint density at radius 3 is 2.55 bits per heavy atom. The van der Waals surface area contributed by atoms with Gasteiger partial charge in [-0.3, -0.25) is 5.32 Å². The summed E-state index contributed by atoms with van der Waals surface area (Å²) in [7, 11) is 0. The van der Waals surface area contributed by atoms with Crippen molar-refractivity contribution in [1.82, 2.24) is 5.32 Å². The van der Waals surface area contributed by atoms with E-state index in [2.05, 4.69) is 37.4 Å². The molecule has 1 aromatic carbocycles. The number of hydrogen-bond donors (Lipinski definition) is 1. The van der Waals surface area contributed by atoms with Crippen LogP contribution >= 0.6 is 23.4 Å². The van der Waals surface area contributed by atoms with Crippen LogP contribution in [0.25, 0.3) is 0 Å². The topological polar surface area (TPSA) is 35.8 Å². The summed E-state index contributed by atoms with van der Waals surface area (Å²) in [6.07, 6.45) is 2.84. The first-order valence-electron chi connectivity index (χ1n) is 7.14. The van der Waals surface area contributed by atoms with Crippen molar-refractivity contribution in [3.63, 3.8) is 0 Å². The van der Waals surface area contributed by atoms with E-state index in [-0.39, 0.29) is 5.54 Å². The average molecular weight is 311 g/mol. The molecule has 2 nitrogen and oxygen atoms in total. The Hall–Kier alpha value is -0.690. The van der Waals surface area contributed by atoms with E-state index < -0.39 is 0 Å². The quantitative estimate of drug-likeness (QED) is 0.675. The van der Waals surface area contributed by atoms with Crippen molar-refractivity contribution in [3.05, 3.63) is 34.9 Å². The fraction of sp³-hybridized carbons (Fsp3) is 0.562. The van der Waals surface area contributed by atoms with E-state index in [9.17, 15) is 5.26 Å². The molecular weight excluding hydrogens is 288 g/mol. The SMILES string of the molecule is CCNC(C#N)(CC)CCCSCc1ccc(Cl)cc1. The second kappa shape index (κ2) is 9.28. The van der Waals surface area contributed by atoms with Gasteiger partial charge in [-0.25, -0.2) is 0 Å². The van der Waals surface area contributed by atoms with Gasteiger partial charge in [0.15, 0.2) is 0 Å². The Bertz CT molecular complexity index is 427. The molecule has 0 saturated carbocycles. The Morgan fingerprint density at radius 2 is 2.00 bits per heavy atom. The molecule has 1 N–H and O–H groups in total. The van der Waals surface area contributed by atoms with Crippen molar-refractivity contribution in [2.75, 3.05) is 12.3 Å². The van der Waals surface area contributed by atoms with Crippen molar-refractivity contribution in [2.45, 2.75) is 44.4 Å². The number of benzene rings is 1. The molecule has 0 bridgehead atoms. The van der Waals surface area contributed by atoms with Gasteiger partial charge in [0.1, 0.15) is 5.54 Å². The molecule has 0 amide bonds. The predicted octanol–water partition coefficient (Wildman–Crippen LogP) is 4.64. The van der Waals surface area contributed by atoms with E-state index in [0.717, 1.165) is 42.3 Å². The lowest BCUT2D eigenvalue weighted by molar-refractivity contribution is 0.379. The molecule has 0 aromatic heterocycles. The minimum atomic E-state index is -0.338. The molecule has 0 aliphatic carbocycles. The molecule has 0 spiro atoms. The third-order valence-corrected chi connectivity index (χ3v) is 4.77. The van der Waals surface area contributed by atoms with Gasteiger partial charge < -0.3 is 0 Å². The largest absolute Gasteiger partial charge is 0.300 e. The van der Waals surface area contributed by atoms with Gasteiger partial charge in [0.25, 0.3) is 0 Å². The maximum absolute atomic E-state index is 9.34. The minimum absolute atomic E-state index is 0.338. The van der Waals surface area contributed by atoms with E-state index in [0.29, 0.717) is 0 Å². The van der Waals surface area contributed by atoms with Gasteiger partial charge in [0.05, 0.1) is 6.07 Å². The molecule has 110 valence electrons. The van der Waals surface area contributed by atoms with Crippen LogP contribution < -0.4 is 5.32 Å². The van der Waals surface area contributed by atoms with E-state index in [1.807, 2.05) is 23.9 Å². The first-order chi connectivity index (χ1) is 9.65. The van der Waals surface area contributed by atoms with Crippen LogP contribution in [-0.4, -0.2) is 17.8 Å². The highest BCUT2D eigenvalue weighted by molar-refractivity contribution is 7.98. The van der Waals surface area contributed by atoms with Crippen LogP contribution in [-0.2, 0) is 5.75 Å². The van der Waals surface area contributed by atoms with Gasteiger partial charge in [0, 0.05) is 10.8 Å². The smallest absolute Gasteiger partial charge is 0.106 e. The van der Waals surface area contributed by atoms with Crippen molar-refractivity contribution in [3.8, 4) is 6.07 Å². The van der Waals surface area contributed by atoms with Gasteiger partial charge in [-0.1, -0.05) is 37.6 Å². The molecule has 0 heterocycles. The Labute approximate surface area is 131 Å². The number of hydrogen-bond acceptors (Lipinski definition) is 3. The highest BCUT2D eigenvalue weighted by atomic mass is 35.5. The standard InChI is InChI=1S/C16H23ClN2S/c1-3-16(13-18,19-4-2)10-5-11-20-12-14-6-8-15(17)9-7-14/h6-9,19H,3-5,10-12H2,1-2H3. The highest BCUT2D eigenvalue weighted by Gasteiger charge is 2.25.